The quantitative estimate of drug-likeness (QED) is 0.847. The number of aromatic nitrogens is 1. The van der Waals surface area contributed by atoms with E-state index in [2.05, 4.69) is 4.98 Å². The maximum absolute atomic E-state index is 13.0. The Kier molecular flexibility index (Phi) is 4.53. The van der Waals surface area contributed by atoms with Gasteiger partial charge in [0.1, 0.15) is 10.8 Å². The Morgan fingerprint density at radius 1 is 1.41 bits per heavy atom. The molecule has 2 N–H and O–H groups in total. The van der Waals surface area contributed by atoms with Crippen molar-refractivity contribution in [3.8, 4) is 0 Å². The number of thioether (sulfide) groups is 1. The Morgan fingerprint density at radius 3 is 3.06 bits per heavy atom. The molecule has 0 radical (unpaired) electrons. The lowest BCUT2D eigenvalue weighted by molar-refractivity contribution is 0.624. The molecule has 0 aliphatic rings. The van der Waals surface area contributed by atoms with Crippen LogP contribution in [-0.2, 0) is 12.2 Å². The van der Waals surface area contributed by atoms with Gasteiger partial charge in [0, 0.05) is 16.7 Å². The molecule has 5 heteroatoms. The first-order valence-electron chi connectivity index (χ1n) is 5.29. The molecule has 0 amide bonds. The van der Waals surface area contributed by atoms with Crippen LogP contribution in [0.25, 0.3) is 0 Å². The third-order valence-electron chi connectivity index (χ3n) is 2.16. The zero-order valence-corrected chi connectivity index (χ0v) is 10.9. The minimum atomic E-state index is -0.196. The fraction of sp³-hybridized carbons (Fsp3) is 0.250. The van der Waals surface area contributed by atoms with Crippen LogP contribution >= 0.6 is 23.1 Å². The first kappa shape index (κ1) is 12.5. The highest BCUT2D eigenvalue weighted by Crippen LogP contribution is 2.24. The number of thiazole rings is 1. The second-order valence-electron chi connectivity index (χ2n) is 3.52. The minimum Gasteiger partial charge on any atom is -0.330 e. The third-order valence-corrected chi connectivity index (χ3v) is 4.24. The molecule has 0 unspecified atom stereocenters. The second kappa shape index (κ2) is 6.14. The third kappa shape index (κ3) is 3.80. The van der Waals surface area contributed by atoms with E-state index in [0.29, 0.717) is 6.54 Å². The second-order valence-corrected chi connectivity index (χ2v) is 5.51. The van der Waals surface area contributed by atoms with Gasteiger partial charge in [0.05, 0.1) is 11.4 Å². The number of nitrogens with two attached hydrogens (primary N) is 1. The van der Waals surface area contributed by atoms with Crippen LogP contribution in [0.2, 0.25) is 0 Å². The van der Waals surface area contributed by atoms with Crippen LogP contribution < -0.4 is 5.73 Å². The van der Waals surface area contributed by atoms with Gasteiger partial charge in [-0.3, -0.25) is 0 Å². The molecule has 0 saturated heterocycles. The van der Waals surface area contributed by atoms with E-state index >= 15 is 0 Å². The fourth-order valence-electron chi connectivity index (χ4n) is 1.38. The highest BCUT2D eigenvalue weighted by atomic mass is 32.2. The van der Waals surface area contributed by atoms with Crippen LogP contribution in [0.3, 0.4) is 0 Å². The summed E-state index contributed by atoms with van der Waals surface area (Å²) >= 11 is 3.23. The zero-order chi connectivity index (χ0) is 12.1. The van der Waals surface area contributed by atoms with E-state index in [4.69, 9.17) is 5.73 Å². The van der Waals surface area contributed by atoms with Crippen molar-refractivity contribution in [1.82, 2.24) is 4.98 Å². The monoisotopic (exact) mass is 268 g/mol. The van der Waals surface area contributed by atoms with Gasteiger partial charge in [-0.25, -0.2) is 9.37 Å². The van der Waals surface area contributed by atoms with E-state index in [1.807, 2.05) is 11.4 Å². The Balaban J connectivity index is 1.93. The lowest BCUT2D eigenvalue weighted by Crippen LogP contribution is -2.02. The van der Waals surface area contributed by atoms with E-state index in [-0.39, 0.29) is 5.82 Å². The predicted molar refractivity (Wildman–Crippen MR) is 70.8 cm³/mol. The van der Waals surface area contributed by atoms with Crippen LogP contribution in [-0.4, -0.2) is 11.5 Å². The molecule has 0 atom stereocenters. The molecule has 90 valence electrons. The fourth-order valence-corrected chi connectivity index (χ4v) is 3.17. The Hall–Kier alpha value is -0.910. The summed E-state index contributed by atoms with van der Waals surface area (Å²) in [7, 11) is 0. The van der Waals surface area contributed by atoms with Crippen molar-refractivity contribution in [3.05, 3.63) is 46.2 Å². The maximum atomic E-state index is 13.0. The summed E-state index contributed by atoms with van der Waals surface area (Å²) < 4.78 is 13.0. The van der Waals surface area contributed by atoms with Gasteiger partial charge in [-0.1, -0.05) is 6.07 Å². The standard InChI is InChI=1S/C12H13FN2S2/c13-9-2-1-3-11(6-9)16-8-12-15-10(4-5-14)7-17-12/h1-3,6-7H,4-5,8,14H2. The van der Waals surface area contributed by atoms with Gasteiger partial charge in [-0.2, -0.15) is 0 Å². The molecule has 0 spiro atoms. The van der Waals surface area contributed by atoms with Gasteiger partial charge in [0.15, 0.2) is 0 Å². The summed E-state index contributed by atoms with van der Waals surface area (Å²) in [5.41, 5.74) is 6.52. The molecule has 1 heterocycles. The largest absolute Gasteiger partial charge is 0.330 e. The van der Waals surface area contributed by atoms with Gasteiger partial charge in [-0.05, 0) is 24.7 Å². The number of nitrogens with zero attached hydrogens (tertiary/aromatic N) is 1. The van der Waals surface area contributed by atoms with Crippen LogP contribution in [0.1, 0.15) is 10.7 Å². The Bertz CT molecular complexity index is 485. The van der Waals surface area contributed by atoms with Gasteiger partial charge in [0.25, 0.3) is 0 Å². The number of hydrogen-bond acceptors (Lipinski definition) is 4. The molecule has 0 aliphatic heterocycles. The van der Waals surface area contributed by atoms with Gasteiger partial charge < -0.3 is 5.73 Å². The molecule has 2 nitrogen and oxygen atoms in total. The van der Waals surface area contributed by atoms with E-state index in [1.165, 1.54) is 6.07 Å². The van der Waals surface area contributed by atoms with Crippen LogP contribution in [0.5, 0.6) is 0 Å². The molecule has 0 saturated carbocycles. The molecule has 2 aromatic rings. The highest BCUT2D eigenvalue weighted by molar-refractivity contribution is 7.98. The Morgan fingerprint density at radius 2 is 2.29 bits per heavy atom. The molecule has 1 aromatic heterocycles. The first-order valence-corrected chi connectivity index (χ1v) is 7.16. The normalized spacial score (nSPS) is 10.7. The van der Waals surface area contributed by atoms with Crippen molar-refractivity contribution < 1.29 is 4.39 Å². The van der Waals surface area contributed by atoms with Crippen LogP contribution in [0, 0.1) is 5.82 Å². The average molecular weight is 268 g/mol. The molecular weight excluding hydrogens is 255 g/mol. The maximum Gasteiger partial charge on any atom is 0.124 e. The smallest absolute Gasteiger partial charge is 0.124 e. The van der Waals surface area contributed by atoms with E-state index in [9.17, 15) is 4.39 Å². The zero-order valence-electron chi connectivity index (χ0n) is 9.23. The minimum absolute atomic E-state index is 0.196. The van der Waals surface area contributed by atoms with Crippen molar-refractivity contribution in [2.24, 2.45) is 5.73 Å². The molecule has 2 rings (SSSR count). The molecule has 0 aliphatic carbocycles. The van der Waals surface area contributed by atoms with Crippen molar-refractivity contribution in [2.45, 2.75) is 17.1 Å². The topological polar surface area (TPSA) is 38.9 Å². The summed E-state index contributed by atoms with van der Waals surface area (Å²) in [5, 5.41) is 3.09. The summed E-state index contributed by atoms with van der Waals surface area (Å²) in [6, 6.07) is 6.62. The van der Waals surface area contributed by atoms with Gasteiger partial charge in [-0.15, -0.1) is 23.1 Å². The van der Waals surface area contributed by atoms with Crippen molar-refractivity contribution in [1.29, 1.82) is 0 Å². The molecular formula is C12H13FN2S2. The lowest BCUT2D eigenvalue weighted by atomic mass is 10.3. The Labute approximate surface area is 108 Å². The average Bonchev–Trinajstić information content (AvgIpc) is 2.75. The number of halogens is 1. The van der Waals surface area contributed by atoms with Crippen molar-refractivity contribution in [3.63, 3.8) is 0 Å². The highest BCUT2D eigenvalue weighted by Gasteiger charge is 2.03. The van der Waals surface area contributed by atoms with E-state index in [0.717, 1.165) is 27.8 Å². The van der Waals surface area contributed by atoms with Gasteiger partial charge >= 0.3 is 0 Å². The molecule has 0 fully saturated rings. The predicted octanol–water partition coefficient (Wildman–Crippen LogP) is 3.08. The molecule has 17 heavy (non-hydrogen) atoms. The van der Waals surface area contributed by atoms with E-state index < -0.39 is 0 Å². The summed E-state index contributed by atoms with van der Waals surface area (Å²) in [4.78, 5) is 5.39. The van der Waals surface area contributed by atoms with Crippen LogP contribution in [0.4, 0.5) is 4.39 Å². The van der Waals surface area contributed by atoms with Crippen molar-refractivity contribution >= 4 is 23.1 Å². The van der Waals surface area contributed by atoms with E-state index in [1.54, 1.807) is 35.2 Å². The van der Waals surface area contributed by atoms with Gasteiger partial charge in [0.2, 0.25) is 0 Å². The molecule has 1 aromatic carbocycles. The molecule has 0 bridgehead atoms. The van der Waals surface area contributed by atoms with Crippen LogP contribution in [0.15, 0.2) is 34.5 Å². The lowest BCUT2D eigenvalue weighted by Gasteiger charge is -1.98. The number of rotatable bonds is 5. The number of hydrogen-bond donors (Lipinski definition) is 1. The number of benzene rings is 1. The summed E-state index contributed by atoms with van der Waals surface area (Å²) in [5.74, 6) is 0.580. The summed E-state index contributed by atoms with van der Waals surface area (Å²) in [6.45, 7) is 0.625. The summed E-state index contributed by atoms with van der Waals surface area (Å²) in [6.07, 6.45) is 0.821. The van der Waals surface area contributed by atoms with Crippen molar-refractivity contribution in [2.75, 3.05) is 6.54 Å². The SMILES string of the molecule is NCCc1csc(CSc2cccc(F)c2)n1. The first-order chi connectivity index (χ1) is 8.28.